The van der Waals surface area contributed by atoms with E-state index in [0.717, 1.165) is 30.8 Å². The Labute approximate surface area is 108 Å². The zero-order valence-corrected chi connectivity index (χ0v) is 10.2. The third-order valence-electron chi connectivity index (χ3n) is 3.40. The Morgan fingerprint density at radius 2 is 2.00 bits per heavy atom. The second-order valence-corrected chi connectivity index (χ2v) is 4.63. The zero-order valence-electron chi connectivity index (χ0n) is 10.2. The van der Waals surface area contributed by atoms with Gasteiger partial charge in [-0.15, -0.1) is 0 Å². The van der Waals surface area contributed by atoms with Crippen LogP contribution in [-0.4, -0.2) is 14.5 Å². The molecule has 5 nitrogen and oxygen atoms in total. The van der Waals surface area contributed by atoms with Gasteiger partial charge in [-0.05, 0) is 18.6 Å². The minimum Gasteiger partial charge on any atom is -0.417 e. The lowest BCUT2D eigenvalue weighted by Crippen LogP contribution is -2.20. The molecule has 0 saturated carbocycles. The molecule has 94 valence electrons. The average Bonchev–Trinajstić information content (AvgIpc) is 3.06. The number of hydrogen-bond acceptors (Lipinski definition) is 4. The van der Waals surface area contributed by atoms with Crippen molar-refractivity contribution in [1.82, 2.24) is 14.5 Å². The van der Waals surface area contributed by atoms with Gasteiger partial charge in [-0.2, -0.15) is 4.98 Å². The first-order valence-electron chi connectivity index (χ1n) is 6.28. The Morgan fingerprint density at radius 1 is 1.16 bits per heavy atom. The number of benzene rings is 1. The van der Waals surface area contributed by atoms with Gasteiger partial charge in [0.1, 0.15) is 5.82 Å². The Hall–Kier alpha value is -2.43. The summed E-state index contributed by atoms with van der Waals surface area (Å²) >= 11 is 0. The molecule has 0 unspecified atom stereocenters. The maximum atomic E-state index is 12.3. The fourth-order valence-corrected chi connectivity index (χ4v) is 2.47. The van der Waals surface area contributed by atoms with Crippen LogP contribution in [-0.2, 0) is 13.0 Å². The van der Waals surface area contributed by atoms with Gasteiger partial charge in [-0.3, -0.25) is 9.36 Å². The van der Waals surface area contributed by atoms with Crippen molar-refractivity contribution in [2.75, 3.05) is 0 Å². The van der Waals surface area contributed by atoms with E-state index in [1.54, 1.807) is 4.57 Å². The number of aromatic nitrogens is 3. The van der Waals surface area contributed by atoms with Crippen LogP contribution in [0, 0.1) is 0 Å². The van der Waals surface area contributed by atoms with Crippen LogP contribution in [0.5, 0.6) is 0 Å². The molecule has 0 bridgehead atoms. The van der Waals surface area contributed by atoms with Gasteiger partial charge in [-0.25, -0.2) is 4.98 Å². The van der Waals surface area contributed by atoms with Crippen molar-refractivity contribution < 1.29 is 4.42 Å². The number of fused-ring (bicyclic) bond motifs is 2. The molecule has 0 fully saturated rings. The van der Waals surface area contributed by atoms with Crippen molar-refractivity contribution in [2.45, 2.75) is 19.4 Å². The number of rotatable bonds is 1. The van der Waals surface area contributed by atoms with Crippen LogP contribution in [0.15, 0.2) is 39.5 Å². The molecule has 0 radical (unpaired) electrons. The molecule has 0 aliphatic carbocycles. The summed E-state index contributed by atoms with van der Waals surface area (Å²) in [5.74, 6) is 1.25. The van der Waals surface area contributed by atoms with E-state index in [1.165, 1.54) is 0 Å². The highest BCUT2D eigenvalue weighted by Gasteiger charge is 2.20. The fraction of sp³-hybridized carbons (Fsp3) is 0.214. The molecule has 1 aliphatic rings. The lowest BCUT2D eigenvalue weighted by Gasteiger charge is -1.98. The van der Waals surface area contributed by atoms with Crippen molar-refractivity contribution in [1.29, 1.82) is 0 Å². The summed E-state index contributed by atoms with van der Waals surface area (Å²) in [5, 5.41) is 0. The number of hydrogen-bond donors (Lipinski definition) is 0. The summed E-state index contributed by atoms with van der Waals surface area (Å²) in [4.78, 5) is 21.0. The van der Waals surface area contributed by atoms with Gasteiger partial charge in [-0.1, -0.05) is 18.2 Å². The van der Waals surface area contributed by atoms with Gasteiger partial charge in [0, 0.05) is 18.5 Å². The van der Waals surface area contributed by atoms with Crippen molar-refractivity contribution in [3.05, 3.63) is 46.5 Å². The molecular weight excluding hydrogens is 242 g/mol. The Bertz CT molecular complexity index is 818. The highest BCUT2D eigenvalue weighted by molar-refractivity contribution is 5.71. The van der Waals surface area contributed by atoms with Gasteiger partial charge in [0.2, 0.25) is 5.89 Å². The predicted octanol–water partition coefficient (Wildman–Crippen LogP) is 2.00. The molecule has 0 amide bonds. The fourth-order valence-electron chi connectivity index (χ4n) is 2.47. The van der Waals surface area contributed by atoms with Crippen LogP contribution in [0.1, 0.15) is 12.2 Å². The van der Waals surface area contributed by atoms with Crippen LogP contribution < -0.4 is 5.56 Å². The van der Waals surface area contributed by atoms with E-state index in [1.807, 2.05) is 30.3 Å². The molecule has 4 rings (SSSR count). The molecule has 2 aromatic heterocycles. The molecule has 0 spiro atoms. The summed E-state index contributed by atoms with van der Waals surface area (Å²) in [7, 11) is 0. The van der Waals surface area contributed by atoms with Crippen LogP contribution >= 0.6 is 0 Å². The van der Waals surface area contributed by atoms with Crippen molar-refractivity contribution in [3.8, 4) is 11.5 Å². The normalized spacial score (nSPS) is 13.9. The van der Waals surface area contributed by atoms with E-state index >= 15 is 0 Å². The maximum Gasteiger partial charge on any atom is 0.283 e. The predicted molar refractivity (Wildman–Crippen MR) is 69.8 cm³/mol. The van der Waals surface area contributed by atoms with Crippen LogP contribution in [0.4, 0.5) is 0 Å². The molecule has 3 heterocycles. The minimum absolute atomic E-state index is 0.0940. The van der Waals surface area contributed by atoms with E-state index in [-0.39, 0.29) is 5.56 Å². The summed E-state index contributed by atoms with van der Waals surface area (Å²) in [5.41, 5.74) is 1.43. The maximum absolute atomic E-state index is 12.3. The van der Waals surface area contributed by atoms with Crippen LogP contribution in [0.3, 0.4) is 0 Å². The first-order valence-corrected chi connectivity index (χ1v) is 6.28. The van der Waals surface area contributed by atoms with E-state index in [2.05, 4.69) is 9.97 Å². The molecular formula is C14H11N3O2. The van der Waals surface area contributed by atoms with Crippen LogP contribution in [0.2, 0.25) is 0 Å². The molecule has 0 atom stereocenters. The van der Waals surface area contributed by atoms with Gasteiger partial charge >= 0.3 is 0 Å². The minimum atomic E-state index is -0.0940. The van der Waals surface area contributed by atoms with E-state index in [4.69, 9.17) is 4.42 Å². The topological polar surface area (TPSA) is 60.9 Å². The summed E-state index contributed by atoms with van der Waals surface area (Å²) in [6, 6.07) is 9.54. The quantitative estimate of drug-likeness (QED) is 0.665. The SMILES string of the molecule is O=c1c2nc(-c3ccccc3)oc2nc2n1CCC2. The van der Waals surface area contributed by atoms with Gasteiger partial charge in [0.15, 0.2) is 5.52 Å². The second-order valence-electron chi connectivity index (χ2n) is 4.63. The molecule has 19 heavy (non-hydrogen) atoms. The number of oxazole rings is 1. The highest BCUT2D eigenvalue weighted by atomic mass is 16.4. The van der Waals surface area contributed by atoms with Gasteiger partial charge in [0.05, 0.1) is 0 Å². The van der Waals surface area contributed by atoms with Crippen molar-refractivity contribution in [2.24, 2.45) is 0 Å². The monoisotopic (exact) mass is 253 g/mol. The molecule has 3 aromatic rings. The van der Waals surface area contributed by atoms with Gasteiger partial charge in [0.25, 0.3) is 11.3 Å². The van der Waals surface area contributed by atoms with Crippen molar-refractivity contribution >= 4 is 11.2 Å². The third kappa shape index (κ3) is 1.51. The van der Waals surface area contributed by atoms with E-state index < -0.39 is 0 Å². The smallest absolute Gasteiger partial charge is 0.283 e. The first-order chi connectivity index (χ1) is 9.33. The summed E-state index contributed by atoms with van der Waals surface area (Å²) in [6.07, 6.45) is 1.78. The Kier molecular flexibility index (Phi) is 2.09. The summed E-state index contributed by atoms with van der Waals surface area (Å²) < 4.78 is 7.32. The largest absolute Gasteiger partial charge is 0.417 e. The lowest BCUT2D eigenvalue weighted by atomic mass is 10.2. The standard InChI is InChI=1S/C14H11N3O2/c18-14-11-13(15-10-7-4-8-17(10)14)19-12(16-11)9-5-2-1-3-6-9/h1-3,5-6H,4,7-8H2. The lowest BCUT2D eigenvalue weighted by molar-refractivity contribution is 0.602. The zero-order chi connectivity index (χ0) is 12.8. The van der Waals surface area contributed by atoms with Gasteiger partial charge < -0.3 is 4.42 Å². The van der Waals surface area contributed by atoms with Crippen LogP contribution in [0.25, 0.3) is 22.7 Å². The van der Waals surface area contributed by atoms with E-state index in [0.29, 0.717) is 17.1 Å². The average molecular weight is 253 g/mol. The summed E-state index contributed by atoms with van der Waals surface area (Å²) in [6.45, 7) is 0.727. The van der Waals surface area contributed by atoms with Crippen molar-refractivity contribution in [3.63, 3.8) is 0 Å². The number of aryl methyl sites for hydroxylation is 1. The molecule has 0 N–H and O–H groups in total. The molecule has 1 aliphatic heterocycles. The molecule has 0 saturated heterocycles. The number of nitrogens with zero attached hydrogens (tertiary/aromatic N) is 3. The Morgan fingerprint density at radius 3 is 2.84 bits per heavy atom. The van der Waals surface area contributed by atoms with E-state index in [9.17, 15) is 4.79 Å². The molecule has 5 heteroatoms. The third-order valence-corrected chi connectivity index (χ3v) is 3.40. The second kappa shape index (κ2) is 3.78. The molecule has 1 aromatic carbocycles. The highest BCUT2D eigenvalue weighted by Crippen LogP contribution is 2.22. The Balaban J connectivity index is 1.99. The first kappa shape index (κ1) is 10.5.